The average molecular weight is 281 g/mol. The van der Waals surface area contributed by atoms with E-state index in [9.17, 15) is 9.90 Å². The van der Waals surface area contributed by atoms with Gasteiger partial charge >= 0.3 is 6.09 Å². The smallest absolute Gasteiger partial charge is 0.404 e. The van der Waals surface area contributed by atoms with Gasteiger partial charge in [0.25, 0.3) is 0 Å². The molecule has 3 N–H and O–H groups in total. The Hall–Kier alpha value is -1.55. The van der Waals surface area contributed by atoms with E-state index in [1.54, 1.807) is 12.2 Å². The summed E-state index contributed by atoms with van der Waals surface area (Å²) in [6.07, 6.45) is 4.46. The van der Waals surface area contributed by atoms with E-state index in [-0.39, 0.29) is 5.92 Å². The van der Waals surface area contributed by atoms with Crippen LogP contribution in [0, 0.1) is 5.92 Å². The van der Waals surface area contributed by atoms with Crippen molar-refractivity contribution in [2.24, 2.45) is 11.7 Å². The summed E-state index contributed by atoms with van der Waals surface area (Å²) in [5.41, 5.74) is 6.98. The summed E-state index contributed by atoms with van der Waals surface area (Å²) < 4.78 is 5.07. The molecule has 0 fully saturated rings. The fourth-order valence-corrected chi connectivity index (χ4v) is 2.13. The van der Waals surface area contributed by atoms with E-state index in [1.807, 2.05) is 33.8 Å². The number of carbonyl (C=O) groups excluding carboxylic acids is 1. The topological polar surface area (TPSA) is 72.6 Å². The molecule has 0 aliphatic rings. The number of allylic oxidation sites excluding steroid dienone is 3. The summed E-state index contributed by atoms with van der Waals surface area (Å²) in [6.45, 7) is 11.5. The molecule has 0 saturated carbocycles. The summed E-state index contributed by atoms with van der Waals surface area (Å²) >= 11 is 0. The third kappa shape index (κ3) is 5.61. The predicted octanol–water partition coefficient (Wildman–Crippen LogP) is 3.33. The zero-order valence-corrected chi connectivity index (χ0v) is 12.9. The molecule has 0 aromatic rings. The Kier molecular flexibility index (Phi) is 8.64. The third-order valence-corrected chi connectivity index (χ3v) is 3.21. The largest absolute Gasteiger partial charge is 0.443 e. The Morgan fingerprint density at radius 2 is 1.90 bits per heavy atom. The van der Waals surface area contributed by atoms with Gasteiger partial charge in [0.05, 0.1) is 0 Å². The Morgan fingerprint density at radius 1 is 1.35 bits per heavy atom. The first-order chi connectivity index (χ1) is 9.38. The molecular formula is C16H27NO3. The van der Waals surface area contributed by atoms with Crippen LogP contribution in [0.3, 0.4) is 0 Å². The van der Waals surface area contributed by atoms with Crippen molar-refractivity contribution in [1.29, 1.82) is 0 Å². The van der Waals surface area contributed by atoms with Crippen molar-refractivity contribution >= 4 is 6.09 Å². The minimum Gasteiger partial charge on any atom is -0.443 e. The van der Waals surface area contributed by atoms with Crippen LogP contribution in [0.1, 0.15) is 40.5 Å². The first-order valence-electron chi connectivity index (χ1n) is 7.04. The van der Waals surface area contributed by atoms with Crippen LogP contribution in [0.15, 0.2) is 36.0 Å². The molecule has 0 aromatic carbocycles. The van der Waals surface area contributed by atoms with E-state index >= 15 is 0 Å². The van der Waals surface area contributed by atoms with Gasteiger partial charge in [0, 0.05) is 0 Å². The second-order valence-electron chi connectivity index (χ2n) is 4.95. The van der Waals surface area contributed by atoms with Gasteiger partial charge in [-0.15, -0.1) is 0 Å². The SMILES string of the molecule is C=CC=CC(=C(CC)CC)C(O)C(OC(N)=O)C(C)C. The van der Waals surface area contributed by atoms with Gasteiger partial charge in [-0.3, -0.25) is 0 Å². The molecule has 1 amide bonds. The van der Waals surface area contributed by atoms with Gasteiger partial charge in [-0.05, 0) is 24.3 Å². The van der Waals surface area contributed by atoms with Crippen molar-refractivity contribution in [2.45, 2.75) is 52.7 Å². The summed E-state index contributed by atoms with van der Waals surface area (Å²) in [6, 6.07) is 0. The zero-order chi connectivity index (χ0) is 15.7. The van der Waals surface area contributed by atoms with Crippen LogP contribution in [-0.4, -0.2) is 23.4 Å². The number of amides is 1. The minimum absolute atomic E-state index is 0.0420. The maximum atomic E-state index is 11.0. The quantitative estimate of drug-likeness (QED) is 0.670. The molecule has 2 atom stereocenters. The fourth-order valence-electron chi connectivity index (χ4n) is 2.13. The summed E-state index contributed by atoms with van der Waals surface area (Å²) in [5.74, 6) is -0.0420. The number of primary amides is 1. The van der Waals surface area contributed by atoms with E-state index in [4.69, 9.17) is 10.5 Å². The number of ether oxygens (including phenoxy) is 1. The molecule has 0 spiro atoms. The highest BCUT2D eigenvalue weighted by molar-refractivity contribution is 5.65. The molecule has 4 nitrogen and oxygen atoms in total. The number of hydrogen-bond acceptors (Lipinski definition) is 3. The Labute approximate surface area is 122 Å². The summed E-state index contributed by atoms with van der Waals surface area (Å²) in [4.78, 5) is 11.0. The lowest BCUT2D eigenvalue weighted by molar-refractivity contribution is -0.000253. The predicted molar refractivity (Wildman–Crippen MR) is 82.2 cm³/mol. The van der Waals surface area contributed by atoms with Gasteiger partial charge in [-0.2, -0.15) is 0 Å². The van der Waals surface area contributed by atoms with Crippen molar-refractivity contribution in [3.05, 3.63) is 36.0 Å². The van der Waals surface area contributed by atoms with Crippen molar-refractivity contribution in [3.8, 4) is 0 Å². The van der Waals surface area contributed by atoms with E-state index < -0.39 is 18.3 Å². The molecule has 2 unspecified atom stereocenters. The molecule has 0 heterocycles. The molecule has 0 bridgehead atoms. The highest BCUT2D eigenvalue weighted by Gasteiger charge is 2.29. The number of rotatable bonds is 8. The maximum absolute atomic E-state index is 11.0. The monoisotopic (exact) mass is 281 g/mol. The minimum atomic E-state index is -0.895. The molecule has 4 heteroatoms. The summed E-state index contributed by atoms with van der Waals surface area (Å²) in [7, 11) is 0. The van der Waals surface area contributed by atoms with E-state index in [2.05, 4.69) is 6.58 Å². The lowest BCUT2D eigenvalue weighted by Gasteiger charge is -2.28. The number of hydrogen-bond donors (Lipinski definition) is 2. The van der Waals surface area contributed by atoms with Crippen LogP contribution in [0.25, 0.3) is 0 Å². The number of nitrogens with two attached hydrogens (primary N) is 1. The van der Waals surface area contributed by atoms with Crippen LogP contribution in [0.5, 0.6) is 0 Å². The van der Waals surface area contributed by atoms with Gasteiger partial charge < -0.3 is 15.6 Å². The van der Waals surface area contributed by atoms with Crippen LogP contribution in [-0.2, 0) is 4.74 Å². The number of carbonyl (C=O) groups is 1. The molecule has 20 heavy (non-hydrogen) atoms. The molecule has 0 rings (SSSR count). The van der Waals surface area contributed by atoms with E-state index in [0.717, 1.165) is 24.0 Å². The highest BCUT2D eigenvalue weighted by Crippen LogP contribution is 2.24. The van der Waals surface area contributed by atoms with Gasteiger partial charge in [0.1, 0.15) is 12.2 Å². The number of aliphatic hydroxyl groups is 1. The summed E-state index contributed by atoms with van der Waals surface area (Å²) in [5, 5.41) is 10.6. The van der Waals surface area contributed by atoms with Gasteiger partial charge in [-0.1, -0.05) is 58.1 Å². The highest BCUT2D eigenvalue weighted by atomic mass is 16.6. The van der Waals surface area contributed by atoms with Crippen LogP contribution >= 0.6 is 0 Å². The van der Waals surface area contributed by atoms with Crippen LogP contribution in [0.2, 0.25) is 0 Å². The number of aliphatic hydroxyl groups excluding tert-OH is 1. The van der Waals surface area contributed by atoms with Gasteiger partial charge in [-0.25, -0.2) is 4.79 Å². The van der Waals surface area contributed by atoms with Crippen molar-refractivity contribution in [2.75, 3.05) is 0 Å². The van der Waals surface area contributed by atoms with Crippen LogP contribution < -0.4 is 5.73 Å². The van der Waals surface area contributed by atoms with Crippen LogP contribution in [0.4, 0.5) is 4.79 Å². The van der Waals surface area contributed by atoms with Crippen molar-refractivity contribution in [3.63, 3.8) is 0 Å². The Morgan fingerprint density at radius 3 is 2.25 bits per heavy atom. The molecule has 0 aliphatic carbocycles. The lowest BCUT2D eigenvalue weighted by Crippen LogP contribution is -2.38. The third-order valence-electron chi connectivity index (χ3n) is 3.21. The Bertz CT molecular complexity index is 377. The van der Waals surface area contributed by atoms with Crippen molar-refractivity contribution in [1.82, 2.24) is 0 Å². The second-order valence-corrected chi connectivity index (χ2v) is 4.95. The normalized spacial score (nSPS) is 14.1. The molecule has 114 valence electrons. The molecule has 0 aliphatic heterocycles. The maximum Gasteiger partial charge on any atom is 0.404 e. The zero-order valence-electron chi connectivity index (χ0n) is 12.9. The lowest BCUT2D eigenvalue weighted by atomic mass is 9.90. The first kappa shape index (κ1) is 18.4. The van der Waals surface area contributed by atoms with Gasteiger partial charge in [0.15, 0.2) is 0 Å². The Balaban J connectivity index is 5.53. The fraction of sp³-hybridized carbons (Fsp3) is 0.562. The standard InChI is InChI=1S/C16H27NO3/c1-6-9-10-13(12(7-2)8-3)14(18)15(11(4)5)20-16(17)19/h6,9-11,14-15,18H,1,7-8H2,2-5H3,(H2,17,19). The second kappa shape index (κ2) is 9.37. The van der Waals surface area contributed by atoms with Gasteiger partial charge in [0.2, 0.25) is 0 Å². The first-order valence-corrected chi connectivity index (χ1v) is 7.04. The van der Waals surface area contributed by atoms with E-state index in [1.165, 1.54) is 0 Å². The molecule has 0 saturated heterocycles. The van der Waals surface area contributed by atoms with E-state index in [0.29, 0.717) is 0 Å². The van der Waals surface area contributed by atoms with Crippen molar-refractivity contribution < 1.29 is 14.6 Å². The average Bonchev–Trinajstić information content (AvgIpc) is 2.39. The molecular weight excluding hydrogens is 254 g/mol. The molecule has 0 radical (unpaired) electrons. The molecule has 0 aromatic heterocycles.